The van der Waals surface area contributed by atoms with E-state index >= 15 is 0 Å². The van der Waals surface area contributed by atoms with Crippen molar-refractivity contribution in [1.82, 2.24) is 0 Å². The predicted molar refractivity (Wildman–Crippen MR) is 62.1 cm³/mol. The molecule has 0 saturated carbocycles. The fourth-order valence-corrected chi connectivity index (χ4v) is 2.57. The molecule has 6 heteroatoms. The minimum absolute atomic E-state index is 0.00579. The van der Waals surface area contributed by atoms with Gasteiger partial charge in [0.1, 0.15) is 5.82 Å². The van der Waals surface area contributed by atoms with Crippen molar-refractivity contribution in [3.63, 3.8) is 0 Å². The number of hydrogen-bond acceptors (Lipinski definition) is 2. The molecule has 1 atom stereocenters. The molecule has 1 aromatic carbocycles. The van der Waals surface area contributed by atoms with Crippen LogP contribution in [-0.2, 0) is 4.79 Å². The molecule has 16 heavy (non-hydrogen) atoms. The number of benzene rings is 1. The van der Waals surface area contributed by atoms with Gasteiger partial charge in [-0.05, 0) is 12.1 Å². The molecule has 1 heterocycles. The summed E-state index contributed by atoms with van der Waals surface area (Å²) in [4.78, 5) is 12.7. The SMILES string of the molecule is O=C1CC(O)CN1c1c(F)cc(Br)cc1Cl. The Labute approximate surface area is 105 Å². The molecule has 1 aromatic rings. The van der Waals surface area contributed by atoms with Crippen molar-refractivity contribution in [3.8, 4) is 0 Å². The van der Waals surface area contributed by atoms with Crippen molar-refractivity contribution < 1.29 is 14.3 Å². The second-order valence-corrected chi connectivity index (χ2v) is 4.90. The van der Waals surface area contributed by atoms with Gasteiger partial charge in [-0.2, -0.15) is 0 Å². The van der Waals surface area contributed by atoms with Crippen LogP contribution in [0.25, 0.3) is 0 Å². The number of aliphatic hydroxyl groups excluding tert-OH is 1. The molecule has 1 saturated heterocycles. The van der Waals surface area contributed by atoms with E-state index in [0.717, 1.165) is 0 Å². The fourth-order valence-electron chi connectivity index (χ4n) is 1.70. The summed E-state index contributed by atoms with van der Waals surface area (Å²) in [6, 6.07) is 2.75. The number of β-amino-alcohol motifs (C(OH)–C–C–N with tert-alkyl or cyclic N) is 1. The van der Waals surface area contributed by atoms with Gasteiger partial charge in [0.15, 0.2) is 0 Å². The summed E-state index contributed by atoms with van der Waals surface area (Å²) in [5.41, 5.74) is 0.0337. The van der Waals surface area contributed by atoms with Gasteiger partial charge in [-0.1, -0.05) is 27.5 Å². The highest BCUT2D eigenvalue weighted by atomic mass is 79.9. The number of nitrogens with zero attached hydrogens (tertiary/aromatic N) is 1. The first-order valence-corrected chi connectivity index (χ1v) is 5.79. The van der Waals surface area contributed by atoms with Gasteiger partial charge in [0.25, 0.3) is 0 Å². The van der Waals surface area contributed by atoms with Gasteiger partial charge in [0.2, 0.25) is 5.91 Å². The molecule has 1 amide bonds. The van der Waals surface area contributed by atoms with Crippen molar-refractivity contribution in [2.75, 3.05) is 11.4 Å². The number of rotatable bonds is 1. The first-order chi connectivity index (χ1) is 7.49. The lowest BCUT2D eigenvalue weighted by Gasteiger charge is -2.18. The molecule has 1 fully saturated rings. The third kappa shape index (κ3) is 2.07. The van der Waals surface area contributed by atoms with Gasteiger partial charge in [0, 0.05) is 4.47 Å². The monoisotopic (exact) mass is 307 g/mol. The minimum Gasteiger partial charge on any atom is -0.391 e. The van der Waals surface area contributed by atoms with Gasteiger partial charge >= 0.3 is 0 Å². The molecule has 1 unspecified atom stereocenters. The maximum atomic E-state index is 13.7. The zero-order valence-electron chi connectivity index (χ0n) is 8.08. The van der Waals surface area contributed by atoms with E-state index in [1.54, 1.807) is 0 Å². The quantitative estimate of drug-likeness (QED) is 0.865. The Morgan fingerprint density at radius 2 is 2.25 bits per heavy atom. The van der Waals surface area contributed by atoms with E-state index < -0.39 is 11.9 Å². The van der Waals surface area contributed by atoms with Gasteiger partial charge in [-0.3, -0.25) is 4.79 Å². The summed E-state index contributed by atoms with van der Waals surface area (Å²) in [5, 5.41) is 9.48. The van der Waals surface area contributed by atoms with Crippen LogP contribution in [0.3, 0.4) is 0 Å². The normalized spacial score (nSPS) is 20.6. The highest BCUT2D eigenvalue weighted by molar-refractivity contribution is 9.10. The summed E-state index contributed by atoms with van der Waals surface area (Å²) in [6.07, 6.45) is -0.752. The zero-order chi connectivity index (χ0) is 11.9. The third-order valence-electron chi connectivity index (χ3n) is 2.36. The van der Waals surface area contributed by atoms with Crippen molar-refractivity contribution >= 4 is 39.1 Å². The van der Waals surface area contributed by atoms with Crippen LogP contribution in [0.5, 0.6) is 0 Å². The predicted octanol–water partition coefficient (Wildman–Crippen LogP) is 2.34. The van der Waals surface area contributed by atoms with Crippen LogP contribution < -0.4 is 4.90 Å². The third-order valence-corrected chi connectivity index (χ3v) is 3.10. The van der Waals surface area contributed by atoms with E-state index in [0.29, 0.717) is 4.47 Å². The van der Waals surface area contributed by atoms with Crippen molar-refractivity contribution in [3.05, 3.63) is 27.4 Å². The van der Waals surface area contributed by atoms with Crippen LogP contribution in [-0.4, -0.2) is 23.7 Å². The van der Waals surface area contributed by atoms with E-state index in [9.17, 15) is 14.3 Å². The second kappa shape index (κ2) is 4.31. The zero-order valence-corrected chi connectivity index (χ0v) is 10.4. The van der Waals surface area contributed by atoms with Gasteiger partial charge in [-0.25, -0.2) is 4.39 Å². The maximum absolute atomic E-state index is 13.7. The van der Waals surface area contributed by atoms with E-state index in [1.165, 1.54) is 17.0 Å². The molecule has 0 aliphatic carbocycles. The standard InChI is InChI=1S/C10H8BrClFNO2/c11-5-1-7(12)10(8(13)2-5)14-4-6(15)3-9(14)16/h1-2,6,15H,3-4H2. The van der Waals surface area contributed by atoms with Crippen LogP contribution in [0.15, 0.2) is 16.6 Å². The van der Waals surface area contributed by atoms with E-state index in [1.807, 2.05) is 0 Å². The maximum Gasteiger partial charge on any atom is 0.229 e. The van der Waals surface area contributed by atoms with E-state index in [2.05, 4.69) is 15.9 Å². The van der Waals surface area contributed by atoms with Gasteiger partial charge in [0.05, 0.1) is 29.8 Å². The van der Waals surface area contributed by atoms with Crippen molar-refractivity contribution in [1.29, 1.82) is 0 Å². The average Bonchev–Trinajstić information content (AvgIpc) is 2.43. The highest BCUT2D eigenvalue weighted by Gasteiger charge is 2.32. The second-order valence-electron chi connectivity index (χ2n) is 3.58. The minimum atomic E-state index is -0.758. The van der Waals surface area contributed by atoms with Crippen molar-refractivity contribution in [2.24, 2.45) is 0 Å². The molecule has 0 spiro atoms. The molecule has 86 valence electrons. The lowest BCUT2D eigenvalue weighted by molar-refractivity contribution is -0.117. The van der Waals surface area contributed by atoms with Gasteiger partial charge < -0.3 is 10.0 Å². The Morgan fingerprint density at radius 3 is 2.75 bits per heavy atom. The number of aliphatic hydroxyl groups is 1. The van der Waals surface area contributed by atoms with Gasteiger partial charge in [-0.15, -0.1) is 0 Å². The summed E-state index contributed by atoms with van der Waals surface area (Å²) in [6.45, 7) is 0.0805. The molecular weight excluding hydrogens is 300 g/mol. The topological polar surface area (TPSA) is 40.5 Å². The largest absolute Gasteiger partial charge is 0.391 e. The molecule has 1 N–H and O–H groups in total. The molecule has 1 aliphatic rings. The Kier molecular flexibility index (Phi) is 3.19. The summed E-state index contributed by atoms with van der Waals surface area (Å²) >= 11 is 8.99. The van der Waals surface area contributed by atoms with Crippen LogP contribution >= 0.6 is 27.5 Å². The summed E-state index contributed by atoms with van der Waals surface area (Å²) in [7, 11) is 0. The lowest BCUT2D eigenvalue weighted by Crippen LogP contribution is -2.26. The van der Waals surface area contributed by atoms with Crippen LogP contribution in [0.1, 0.15) is 6.42 Å². The molecule has 0 bridgehead atoms. The molecule has 3 nitrogen and oxygen atoms in total. The van der Waals surface area contributed by atoms with Crippen LogP contribution in [0.4, 0.5) is 10.1 Å². The number of halogens is 3. The first kappa shape index (κ1) is 11.8. The smallest absolute Gasteiger partial charge is 0.229 e. The number of hydrogen-bond donors (Lipinski definition) is 1. The Morgan fingerprint density at radius 1 is 1.56 bits per heavy atom. The number of carbonyl (C=O) groups excluding carboxylic acids is 1. The molecular formula is C10H8BrClFNO2. The summed E-state index contributed by atoms with van der Waals surface area (Å²) in [5.74, 6) is -0.905. The van der Waals surface area contributed by atoms with Crippen LogP contribution in [0, 0.1) is 5.82 Å². The highest BCUT2D eigenvalue weighted by Crippen LogP contribution is 2.34. The number of carbonyl (C=O) groups is 1. The first-order valence-electron chi connectivity index (χ1n) is 4.62. The summed E-state index contributed by atoms with van der Waals surface area (Å²) < 4.78 is 14.2. The number of amides is 1. The Hall–Kier alpha value is -0.650. The average molecular weight is 309 g/mol. The van der Waals surface area contributed by atoms with E-state index in [-0.39, 0.29) is 29.6 Å². The van der Waals surface area contributed by atoms with Crippen LogP contribution in [0.2, 0.25) is 5.02 Å². The molecule has 0 aromatic heterocycles. The molecule has 2 rings (SSSR count). The van der Waals surface area contributed by atoms with Crippen molar-refractivity contribution in [2.45, 2.75) is 12.5 Å². The molecule has 0 radical (unpaired) electrons. The Balaban J connectivity index is 2.44. The Bertz CT molecular complexity index is 431. The fraction of sp³-hybridized carbons (Fsp3) is 0.300. The lowest BCUT2D eigenvalue weighted by atomic mass is 10.3. The molecule has 1 aliphatic heterocycles. The van der Waals surface area contributed by atoms with E-state index in [4.69, 9.17) is 11.6 Å². The number of anilines is 1.